The van der Waals surface area contributed by atoms with Crippen molar-refractivity contribution >= 4 is 23.4 Å². The van der Waals surface area contributed by atoms with Gasteiger partial charge in [0.05, 0.1) is 22.7 Å². The Kier molecular flexibility index (Phi) is 6.09. The Hall–Kier alpha value is -2.73. The number of aromatic nitrogens is 2. The molecule has 2 heterocycles. The van der Waals surface area contributed by atoms with E-state index in [1.807, 2.05) is 24.8 Å². The van der Waals surface area contributed by atoms with Crippen molar-refractivity contribution in [2.75, 3.05) is 13.6 Å². The number of hydrogen-bond acceptors (Lipinski definition) is 4. The van der Waals surface area contributed by atoms with Gasteiger partial charge in [-0.1, -0.05) is 6.07 Å². The Labute approximate surface area is 170 Å². The molecule has 0 aliphatic carbocycles. The highest BCUT2D eigenvalue weighted by molar-refractivity contribution is 7.10. The number of aryl methyl sites for hydroxylation is 3. The maximum atomic E-state index is 11.9. The Morgan fingerprint density at radius 3 is 2.75 bits per heavy atom. The van der Waals surface area contributed by atoms with Gasteiger partial charge in [0, 0.05) is 50.3 Å². The number of hydrogen-bond donors (Lipinski definition) is 0. The molecule has 0 spiro atoms. The van der Waals surface area contributed by atoms with E-state index in [9.17, 15) is 4.79 Å². The van der Waals surface area contributed by atoms with E-state index in [1.54, 1.807) is 35.2 Å². The van der Waals surface area contributed by atoms with E-state index in [0.717, 1.165) is 40.5 Å². The molecule has 0 aliphatic heterocycles. The molecule has 0 aliphatic rings. The summed E-state index contributed by atoms with van der Waals surface area (Å²) in [5.41, 5.74) is 6.32. The summed E-state index contributed by atoms with van der Waals surface area (Å²) in [5.74, 6) is 0. The fourth-order valence-corrected chi connectivity index (χ4v) is 3.65. The first kappa shape index (κ1) is 20.0. The molecule has 0 radical (unpaired) electrons. The largest absolute Gasteiger partial charge is 0.366 e. The van der Waals surface area contributed by atoms with Crippen LogP contribution in [0.4, 0.5) is 5.69 Å². The van der Waals surface area contributed by atoms with Crippen LogP contribution in [0.3, 0.4) is 0 Å². The van der Waals surface area contributed by atoms with E-state index in [-0.39, 0.29) is 5.56 Å². The molecule has 0 bridgehead atoms. The minimum atomic E-state index is -0.0246. The number of benzene rings is 1. The lowest BCUT2D eigenvalue weighted by atomic mass is 10.0. The fourth-order valence-electron chi connectivity index (χ4n) is 2.83. The van der Waals surface area contributed by atoms with Crippen LogP contribution in [-0.2, 0) is 13.5 Å². The van der Waals surface area contributed by atoms with Crippen molar-refractivity contribution < 1.29 is 0 Å². The molecule has 0 amide bonds. The Bertz CT molecular complexity index is 1060. The summed E-state index contributed by atoms with van der Waals surface area (Å²) in [6.45, 7) is 7.24. The monoisotopic (exact) mass is 394 g/mol. The maximum Gasteiger partial charge on any atom is 0.250 e. The smallest absolute Gasteiger partial charge is 0.250 e. The van der Waals surface area contributed by atoms with Crippen LogP contribution in [0.25, 0.3) is 11.3 Å². The predicted octanol–water partition coefficient (Wildman–Crippen LogP) is 4.33. The van der Waals surface area contributed by atoms with Crippen LogP contribution < -0.4 is 5.56 Å². The van der Waals surface area contributed by atoms with Crippen molar-refractivity contribution in [3.63, 3.8) is 0 Å². The van der Waals surface area contributed by atoms with Crippen molar-refractivity contribution in [2.45, 2.75) is 27.2 Å². The van der Waals surface area contributed by atoms with Crippen LogP contribution in [0.5, 0.6) is 0 Å². The van der Waals surface area contributed by atoms with E-state index in [0.29, 0.717) is 0 Å². The number of nitrogens with zero attached hydrogens (tertiary/aromatic N) is 4. The molecule has 3 aromatic rings. The van der Waals surface area contributed by atoms with Gasteiger partial charge in [-0.15, -0.1) is 11.3 Å². The van der Waals surface area contributed by atoms with Gasteiger partial charge in [0.1, 0.15) is 0 Å². The lowest BCUT2D eigenvalue weighted by molar-refractivity contribution is 0.552. The second-order valence-corrected chi connectivity index (χ2v) is 7.99. The van der Waals surface area contributed by atoms with Gasteiger partial charge in [0.2, 0.25) is 0 Å². The second-order valence-electron chi connectivity index (χ2n) is 7.05. The number of pyridine rings is 1. The third kappa shape index (κ3) is 4.57. The standard InChI is InChI=1S/C22H26N4OS/c1-6-25(4)14-23-19-10-15(2)18(9-16(19)3)11-21-24-20(13-28-21)17-7-8-26(5)22(27)12-17/h7-10,12-14H,6,11H2,1-5H3. The number of rotatable bonds is 6. The van der Waals surface area contributed by atoms with Crippen LogP contribution >= 0.6 is 11.3 Å². The molecule has 2 aromatic heterocycles. The SMILES string of the molecule is CCN(C)C=Nc1cc(C)c(Cc2nc(-c3ccn(C)c(=O)c3)cs2)cc1C. The first-order chi connectivity index (χ1) is 13.4. The third-order valence-corrected chi connectivity index (χ3v) is 5.69. The zero-order valence-corrected chi connectivity index (χ0v) is 17.9. The molecule has 1 aromatic carbocycles. The van der Waals surface area contributed by atoms with E-state index in [1.165, 1.54) is 11.1 Å². The zero-order valence-electron chi connectivity index (χ0n) is 17.1. The zero-order chi connectivity index (χ0) is 20.3. The molecule has 0 fully saturated rings. The van der Waals surface area contributed by atoms with E-state index in [4.69, 9.17) is 4.98 Å². The van der Waals surface area contributed by atoms with Crippen LogP contribution in [0.2, 0.25) is 0 Å². The average Bonchev–Trinajstić information content (AvgIpc) is 3.13. The summed E-state index contributed by atoms with van der Waals surface area (Å²) in [6.07, 6.45) is 4.43. The average molecular weight is 395 g/mol. The Morgan fingerprint density at radius 1 is 1.25 bits per heavy atom. The molecular formula is C22H26N4OS. The lowest BCUT2D eigenvalue weighted by Gasteiger charge is -2.11. The van der Waals surface area contributed by atoms with E-state index >= 15 is 0 Å². The van der Waals surface area contributed by atoms with Crippen molar-refractivity contribution in [3.8, 4) is 11.3 Å². The highest BCUT2D eigenvalue weighted by atomic mass is 32.1. The van der Waals surface area contributed by atoms with E-state index < -0.39 is 0 Å². The molecule has 3 rings (SSSR count). The van der Waals surface area contributed by atoms with Gasteiger partial charge in [-0.05, 0) is 49.6 Å². The highest BCUT2D eigenvalue weighted by Gasteiger charge is 2.10. The molecule has 0 saturated heterocycles. The third-order valence-electron chi connectivity index (χ3n) is 4.84. The van der Waals surface area contributed by atoms with Crippen LogP contribution in [0.15, 0.2) is 45.6 Å². The quantitative estimate of drug-likeness (QED) is 0.462. The number of thiazole rings is 1. The van der Waals surface area contributed by atoms with Gasteiger partial charge in [-0.2, -0.15) is 0 Å². The Balaban J connectivity index is 1.81. The van der Waals surface area contributed by atoms with Crippen LogP contribution in [0, 0.1) is 13.8 Å². The van der Waals surface area contributed by atoms with Crippen molar-refractivity contribution in [1.29, 1.82) is 0 Å². The van der Waals surface area contributed by atoms with Crippen molar-refractivity contribution in [3.05, 3.63) is 67.9 Å². The minimum absolute atomic E-state index is 0.0246. The highest BCUT2D eigenvalue weighted by Crippen LogP contribution is 2.27. The second kappa shape index (κ2) is 8.52. The first-order valence-corrected chi connectivity index (χ1v) is 10.2. The van der Waals surface area contributed by atoms with Crippen molar-refractivity contribution in [2.24, 2.45) is 12.0 Å². The topological polar surface area (TPSA) is 50.5 Å². The molecular weight excluding hydrogens is 368 g/mol. The van der Waals surface area contributed by atoms with Gasteiger partial charge in [-0.3, -0.25) is 4.79 Å². The number of aliphatic imine (C=N–C) groups is 1. The molecule has 0 N–H and O–H groups in total. The molecule has 28 heavy (non-hydrogen) atoms. The molecule has 0 unspecified atom stereocenters. The summed E-state index contributed by atoms with van der Waals surface area (Å²) < 4.78 is 1.56. The van der Waals surface area contributed by atoms with Gasteiger partial charge >= 0.3 is 0 Å². The van der Waals surface area contributed by atoms with Gasteiger partial charge in [0.15, 0.2) is 0 Å². The predicted molar refractivity (Wildman–Crippen MR) is 118 cm³/mol. The fraction of sp³-hybridized carbons (Fsp3) is 0.318. The molecule has 5 nitrogen and oxygen atoms in total. The Morgan fingerprint density at radius 2 is 2.04 bits per heavy atom. The molecule has 146 valence electrons. The van der Waals surface area contributed by atoms with E-state index in [2.05, 4.69) is 42.8 Å². The van der Waals surface area contributed by atoms with Crippen LogP contribution in [0.1, 0.15) is 28.6 Å². The van der Waals surface area contributed by atoms with Gasteiger partial charge in [0.25, 0.3) is 5.56 Å². The van der Waals surface area contributed by atoms with Gasteiger partial charge < -0.3 is 9.47 Å². The summed E-state index contributed by atoms with van der Waals surface area (Å²) in [5, 5.41) is 3.06. The lowest BCUT2D eigenvalue weighted by Crippen LogP contribution is -2.14. The minimum Gasteiger partial charge on any atom is -0.366 e. The summed E-state index contributed by atoms with van der Waals surface area (Å²) in [4.78, 5) is 23.3. The maximum absolute atomic E-state index is 11.9. The summed E-state index contributed by atoms with van der Waals surface area (Å²) in [6, 6.07) is 7.90. The van der Waals surface area contributed by atoms with Gasteiger partial charge in [-0.25, -0.2) is 9.98 Å². The summed E-state index contributed by atoms with van der Waals surface area (Å²) >= 11 is 1.63. The molecule has 0 saturated carbocycles. The van der Waals surface area contributed by atoms with Crippen molar-refractivity contribution in [1.82, 2.24) is 14.5 Å². The first-order valence-electron chi connectivity index (χ1n) is 9.33. The molecule has 0 atom stereocenters. The van der Waals surface area contributed by atoms with Crippen LogP contribution in [-0.4, -0.2) is 34.4 Å². The molecule has 6 heteroatoms. The summed E-state index contributed by atoms with van der Waals surface area (Å²) in [7, 11) is 3.76. The normalized spacial score (nSPS) is 11.3.